The Hall–Kier alpha value is -1.03. The van der Waals surface area contributed by atoms with Crippen LogP contribution in [0.1, 0.15) is 64.2 Å². The van der Waals surface area contributed by atoms with Crippen LogP contribution in [-0.2, 0) is 4.79 Å². The maximum absolute atomic E-state index is 13.5. The number of unbranched alkanes of at least 4 members (excludes halogenated alkanes) is 4. The van der Waals surface area contributed by atoms with Crippen LogP contribution in [0.2, 0.25) is 0 Å². The highest BCUT2D eigenvalue weighted by Gasteiger charge is 2.52. The zero-order chi connectivity index (χ0) is 20.6. The minimum atomic E-state index is -4.45. The predicted octanol–water partition coefficient (Wildman–Crippen LogP) is 6.85. The van der Waals surface area contributed by atoms with Crippen molar-refractivity contribution in [2.24, 2.45) is 0 Å². The van der Waals surface area contributed by atoms with Crippen LogP contribution in [0.3, 0.4) is 0 Å². The second-order valence-corrected chi connectivity index (χ2v) is 6.09. The molecule has 0 bridgehead atoms. The van der Waals surface area contributed by atoms with E-state index in [0.29, 0.717) is 0 Å². The van der Waals surface area contributed by atoms with Gasteiger partial charge >= 0.3 is 24.2 Å². The second kappa shape index (κ2) is 9.77. The molecule has 1 nitrogen and oxygen atoms in total. The van der Waals surface area contributed by atoms with Gasteiger partial charge in [-0.05, 0) is 25.7 Å². The van der Waals surface area contributed by atoms with Crippen LogP contribution in [0.25, 0.3) is 0 Å². The maximum atomic E-state index is 13.5. The van der Waals surface area contributed by atoms with Crippen molar-refractivity contribution in [1.82, 2.24) is 0 Å². The molecule has 26 heavy (non-hydrogen) atoms. The fourth-order valence-electron chi connectivity index (χ4n) is 2.19. The number of carbonyl (C=O) groups is 1. The molecule has 11 heteroatoms. The summed E-state index contributed by atoms with van der Waals surface area (Å²) in [5.74, 6) is -11.4. The van der Waals surface area contributed by atoms with Crippen molar-refractivity contribution in [3.8, 4) is 0 Å². The third-order valence-corrected chi connectivity index (χ3v) is 3.57. The summed E-state index contributed by atoms with van der Waals surface area (Å²) in [6.45, 7) is 0. The van der Waals surface area contributed by atoms with E-state index < -0.39 is 81.3 Å². The van der Waals surface area contributed by atoms with E-state index in [2.05, 4.69) is 0 Å². The van der Waals surface area contributed by atoms with Gasteiger partial charge in [0.15, 0.2) is 0 Å². The topological polar surface area (TPSA) is 17.1 Å². The van der Waals surface area contributed by atoms with Gasteiger partial charge in [-0.3, -0.25) is 4.79 Å². The summed E-state index contributed by atoms with van der Waals surface area (Å²) in [5, 5.41) is 0. The Balaban J connectivity index is 4.26. The Bertz CT molecular complexity index is 387. The highest BCUT2D eigenvalue weighted by atomic mass is 19.4. The van der Waals surface area contributed by atoms with Crippen molar-refractivity contribution in [2.75, 3.05) is 0 Å². The van der Waals surface area contributed by atoms with E-state index in [1.54, 1.807) is 0 Å². The summed E-state index contributed by atoms with van der Waals surface area (Å²) in [5.41, 5.74) is 0. The molecule has 156 valence electrons. The van der Waals surface area contributed by atoms with Crippen LogP contribution in [-0.4, -0.2) is 30.0 Å². The number of alkyl halides is 10. The molecule has 0 N–H and O–H groups in total. The standard InChI is InChI=1S/C15H20F10O/c16-12(17,7-3-1-5-9-14(20,21)22)11(26)13(18,19)8-4-2-6-10-15(23,24)25/h1-10H2. The molecule has 0 aliphatic heterocycles. The van der Waals surface area contributed by atoms with Crippen LogP contribution < -0.4 is 0 Å². The summed E-state index contributed by atoms with van der Waals surface area (Å²) in [6, 6.07) is 0. The van der Waals surface area contributed by atoms with Gasteiger partial charge in [-0.25, -0.2) is 0 Å². The molecule has 0 fully saturated rings. The Labute approximate surface area is 144 Å². The second-order valence-electron chi connectivity index (χ2n) is 6.09. The monoisotopic (exact) mass is 406 g/mol. The Morgan fingerprint density at radius 1 is 0.462 bits per heavy atom. The number of hydrogen-bond donors (Lipinski definition) is 0. The van der Waals surface area contributed by atoms with Gasteiger partial charge in [0.05, 0.1) is 0 Å². The smallest absolute Gasteiger partial charge is 0.286 e. The first-order valence-corrected chi connectivity index (χ1v) is 8.01. The number of hydrogen-bond acceptors (Lipinski definition) is 1. The predicted molar refractivity (Wildman–Crippen MR) is 73.2 cm³/mol. The lowest BCUT2D eigenvalue weighted by Crippen LogP contribution is -2.42. The number of rotatable bonds is 12. The van der Waals surface area contributed by atoms with Crippen molar-refractivity contribution in [2.45, 2.75) is 88.4 Å². The SMILES string of the molecule is O=C(C(F)(F)CCCCCC(F)(F)F)C(F)(F)CCCCCC(F)(F)F. The molecule has 0 rings (SSSR count). The van der Waals surface area contributed by atoms with E-state index in [0.717, 1.165) is 0 Å². The number of halogens is 10. The van der Waals surface area contributed by atoms with Gasteiger partial charge in [-0.2, -0.15) is 43.9 Å². The van der Waals surface area contributed by atoms with E-state index >= 15 is 0 Å². The Morgan fingerprint density at radius 3 is 1.00 bits per heavy atom. The first-order chi connectivity index (χ1) is 11.6. The van der Waals surface area contributed by atoms with Gasteiger partial charge in [0.2, 0.25) is 0 Å². The Kier molecular flexibility index (Phi) is 9.39. The molecule has 0 amide bonds. The van der Waals surface area contributed by atoms with E-state index in [4.69, 9.17) is 0 Å². The molecule has 0 saturated heterocycles. The van der Waals surface area contributed by atoms with Crippen molar-refractivity contribution < 1.29 is 48.7 Å². The molecular weight excluding hydrogens is 386 g/mol. The molecular formula is C15H20F10O. The quantitative estimate of drug-likeness (QED) is 0.256. The van der Waals surface area contributed by atoms with Gasteiger partial charge in [0.25, 0.3) is 5.78 Å². The lowest BCUT2D eigenvalue weighted by molar-refractivity contribution is -0.171. The summed E-state index contributed by atoms with van der Waals surface area (Å²) in [6.07, 6.45) is -16.5. The third-order valence-electron chi connectivity index (χ3n) is 3.57. The van der Waals surface area contributed by atoms with Crippen LogP contribution >= 0.6 is 0 Å². The summed E-state index contributed by atoms with van der Waals surface area (Å²) in [4.78, 5) is 11.3. The summed E-state index contributed by atoms with van der Waals surface area (Å²) < 4.78 is 125. The molecule has 0 unspecified atom stereocenters. The molecule has 0 radical (unpaired) electrons. The fraction of sp³-hybridized carbons (Fsp3) is 0.933. The molecule has 0 saturated carbocycles. The van der Waals surface area contributed by atoms with Gasteiger partial charge in [-0.15, -0.1) is 0 Å². The summed E-state index contributed by atoms with van der Waals surface area (Å²) >= 11 is 0. The molecule has 0 spiro atoms. The number of carbonyl (C=O) groups excluding carboxylic acids is 1. The van der Waals surface area contributed by atoms with Crippen molar-refractivity contribution in [3.63, 3.8) is 0 Å². The first-order valence-electron chi connectivity index (χ1n) is 8.01. The van der Waals surface area contributed by atoms with Crippen LogP contribution in [0, 0.1) is 0 Å². The highest BCUT2D eigenvalue weighted by Crippen LogP contribution is 2.35. The minimum Gasteiger partial charge on any atom is -0.286 e. The average molecular weight is 406 g/mol. The fourth-order valence-corrected chi connectivity index (χ4v) is 2.19. The minimum absolute atomic E-state index is 0.300. The first kappa shape index (κ1) is 25.0. The van der Waals surface area contributed by atoms with Gasteiger partial charge in [0, 0.05) is 25.7 Å². The normalized spacial score (nSPS) is 13.9. The molecule has 0 aromatic heterocycles. The highest BCUT2D eigenvalue weighted by molar-refractivity contribution is 5.91. The maximum Gasteiger partial charge on any atom is 0.389 e. The van der Waals surface area contributed by atoms with Crippen LogP contribution in [0.15, 0.2) is 0 Å². The summed E-state index contributed by atoms with van der Waals surface area (Å²) in [7, 11) is 0. The molecule has 0 aromatic rings. The molecule has 0 aliphatic carbocycles. The lowest BCUT2D eigenvalue weighted by atomic mass is 9.97. The molecule has 0 aromatic carbocycles. The number of Topliss-reactive ketones (excluding diaryl/α,β-unsaturated/α-hetero) is 1. The zero-order valence-corrected chi connectivity index (χ0v) is 13.8. The number of ketones is 1. The van der Waals surface area contributed by atoms with Crippen molar-refractivity contribution >= 4 is 5.78 Å². The molecule has 0 heterocycles. The van der Waals surface area contributed by atoms with E-state index in [1.165, 1.54) is 0 Å². The zero-order valence-electron chi connectivity index (χ0n) is 13.8. The molecule has 0 atom stereocenters. The third kappa shape index (κ3) is 11.6. The van der Waals surface area contributed by atoms with E-state index in [1.807, 2.05) is 0 Å². The lowest BCUT2D eigenvalue weighted by Gasteiger charge is -2.21. The average Bonchev–Trinajstić information content (AvgIpc) is 2.43. The van der Waals surface area contributed by atoms with E-state index in [9.17, 15) is 48.7 Å². The largest absolute Gasteiger partial charge is 0.389 e. The molecule has 0 aliphatic rings. The van der Waals surface area contributed by atoms with Gasteiger partial charge in [-0.1, -0.05) is 12.8 Å². The van der Waals surface area contributed by atoms with Crippen molar-refractivity contribution in [1.29, 1.82) is 0 Å². The van der Waals surface area contributed by atoms with E-state index in [-0.39, 0.29) is 12.8 Å². The van der Waals surface area contributed by atoms with Crippen molar-refractivity contribution in [3.05, 3.63) is 0 Å². The van der Waals surface area contributed by atoms with Crippen LogP contribution in [0.5, 0.6) is 0 Å². The Morgan fingerprint density at radius 2 is 0.731 bits per heavy atom. The van der Waals surface area contributed by atoms with Crippen LogP contribution in [0.4, 0.5) is 43.9 Å². The van der Waals surface area contributed by atoms with Gasteiger partial charge < -0.3 is 0 Å². The van der Waals surface area contributed by atoms with Gasteiger partial charge in [0.1, 0.15) is 0 Å².